The fraction of sp³-hybridized carbons (Fsp3) is 0.583. The van der Waals surface area contributed by atoms with Crippen molar-refractivity contribution in [3.05, 3.63) is 18.5 Å². The first-order chi connectivity index (χ1) is 8.52. The van der Waals surface area contributed by atoms with Gasteiger partial charge in [0.05, 0.1) is 5.41 Å². The summed E-state index contributed by atoms with van der Waals surface area (Å²) in [6.07, 6.45) is 5.45. The second-order valence-electron chi connectivity index (χ2n) is 4.94. The summed E-state index contributed by atoms with van der Waals surface area (Å²) in [6.45, 7) is 1.82. The van der Waals surface area contributed by atoms with E-state index in [9.17, 15) is 14.7 Å². The zero-order valence-electron chi connectivity index (χ0n) is 10.3. The molecule has 18 heavy (non-hydrogen) atoms. The Balaban J connectivity index is 1.96. The zero-order valence-corrected chi connectivity index (χ0v) is 10.3. The maximum absolute atomic E-state index is 11.8. The van der Waals surface area contributed by atoms with Crippen molar-refractivity contribution in [3.8, 4) is 0 Å². The lowest BCUT2D eigenvalue weighted by Gasteiger charge is -2.27. The highest BCUT2D eigenvalue weighted by Crippen LogP contribution is 2.38. The second-order valence-corrected chi connectivity index (χ2v) is 4.94. The summed E-state index contributed by atoms with van der Waals surface area (Å²) in [5, 5.41) is 16.0. The molecule has 0 aromatic carbocycles. The number of aliphatic carboxylic acids is 1. The molecule has 6 nitrogen and oxygen atoms in total. The molecule has 0 bridgehead atoms. The number of amides is 1. The number of aromatic nitrogens is 2. The van der Waals surface area contributed by atoms with Gasteiger partial charge in [-0.05, 0) is 25.8 Å². The number of carboxylic acids is 1. The number of rotatable bonds is 4. The van der Waals surface area contributed by atoms with Crippen LogP contribution in [0, 0.1) is 5.41 Å². The van der Waals surface area contributed by atoms with Crippen molar-refractivity contribution >= 4 is 11.9 Å². The van der Waals surface area contributed by atoms with Gasteiger partial charge in [-0.1, -0.05) is 6.42 Å². The molecule has 1 heterocycles. The van der Waals surface area contributed by atoms with Crippen molar-refractivity contribution in [2.45, 2.75) is 38.8 Å². The van der Waals surface area contributed by atoms with Gasteiger partial charge in [-0.25, -0.2) is 0 Å². The van der Waals surface area contributed by atoms with Gasteiger partial charge in [0.15, 0.2) is 0 Å². The molecule has 0 radical (unpaired) electrons. The predicted octanol–water partition coefficient (Wildman–Crippen LogP) is 0.643. The molecule has 1 saturated carbocycles. The molecule has 0 spiro atoms. The Morgan fingerprint density at radius 2 is 2.39 bits per heavy atom. The Morgan fingerprint density at radius 3 is 3.00 bits per heavy atom. The minimum Gasteiger partial charge on any atom is -0.481 e. The molecule has 2 N–H and O–H groups in total. The Kier molecular flexibility index (Phi) is 3.36. The molecular formula is C12H17N3O3. The largest absolute Gasteiger partial charge is 0.481 e. The Hall–Kier alpha value is -1.85. The lowest BCUT2D eigenvalue weighted by molar-refractivity contribution is -0.149. The smallest absolute Gasteiger partial charge is 0.311 e. The number of carbonyl (C=O) groups is 2. The summed E-state index contributed by atoms with van der Waals surface area (Å²) in [7, 11) is 0. The van der Waals surface area contributed by atoms with Crippen molar-refractivity contribution in [3.63, 3.8) is 0 Å². The summed E-state index contributed by atoms with van der Waals surface area (Å²) >= 11 is 0. The summed E-state index contributed by atoms with van der Waals surface area (Å²) in [4.78, 5) is 23.1. The van der Waals surface area contributed by atoms with Crippen LogP contribution in [0.2, 0.25) is 0 Å². The number of carbonyl (C=O) groups excluding carboxylic acids is 1. The molecule has 2 unspecified atom stereocenters. The van der Waals surface area contributed by atoms with Gasteiger partial charge in [0, 0.05) is 18.4 Å². The van der Waals surface area contributed by atoms with Crippen molar-refractivity contribution in [1.82, 2.24) is 15.1 Å². The quantitative estimate of drug-likeness (QED) is 0.822. The minimum absolute atomic E-state index is 0.124. The van der Waals surface area contributed by atoms with Crippen molar-refractivity contribution in [1.29, 1.82) is 0 Å². The number of nitrogens with zero attached hydrogens (tertiary/aromatic N) is 2. The van der Waals surface area contributed by atoms with Crippen LogP contribution in [0.4, 0.5) is 0 Å². The SMILES string of the molecule is CC1(C(=O)O)CCCC1NC(=O)Cn1cccn1. The molecule has 1 fully saturated rings. The molecule has 2 rings (SSSR count). The zero-order chi connectivity index (χ0) is 13.2. The van der Waals surface area contributed by atoms with Gasteiger partial charge in [0.1, 0.15) is 6.54 Å². The minimum atomic E-state index is -0.847. The molecule has 1 amide bonds. The van der Waals surface area contributed by atoms with E-state index < -0.39 is 11.4 Å². The highest BCUT2D eigenvalue weighted by molar-refractivity contribution is 5.80. The topological polar surface area (TPSA) is 84.2 Å². The fourth-order valence-electron chi connectivity index (χ4n) is 2.43. The van der Waals surface area contributed by atoms with Crippen LogP contribution in [0.25, 0.3) is 0 Å². The predicted molar refractivity (Wildman–Crippen MR) is 63.8 cm³/mol. The van der Waals surface area contributed by atoms with Crippen molar-refractivity contribution in [2.24, 2.45) is 5.41 Å². The van der Waals surface area contributed by atoms with E-state index in [1.807, 2.05) is 0 Å². The van der Waals surface area contributed by atoms with E-state index in [1.165, 1.54) is 4.68 Å². The van der Waals surface area contributed by atoms with E-state index in [2.05, 4.69) is 10.4 Å². The van der Waals surface area contributed by atoms with Crippen LogP contribution in [-0.2, 0) is 16.1 Å². The van der Waals surface area contributed by atoms with Crippen LogP contribution in [-0.4, -0.2) is 32.8 Å². The van der Waals surface area contributed by atoms with Crippen LogP contribution in [0.5, 0.6) is 0 Å². The molecule has 1 aromatic heterocycles. The van der Waals surface area contributed by atoms with E-state index >= 15 is 0 Å². The van der Waals surface area contributed by atoms with Gasteiger partial charge in [-0.2, -0.15) is 5.10 Å². The Morgan fingerprint density at radius 1 is 1.61 bits per heavy atom. The monoisotopic (exact) mass is 251 g/mol. The van der Waals surface area contributed by atoms with Gasteiger partial charge in [-0.3, -0.25) is 14.3 Å². The first-order valence-electron chi connectivity index (χ1n) is 6.02. The van der Waals surface area contributed by atoms with Crippen LogP contribution in [0.1, 0.15) is 26.2 Å². The maximum Gasteiger partial charge on any atom is 0.311 e. The summed E-state index contributed by atoms with van der Waals surface area (Å²) in [5.74, 6) is -1.04. The molecule has 2 atom stereocenters. The average molecular weight is 251 g/mol. The lowest BCUT2D eigenvalue weighted by atomic mass is 9.85. The summed E-state index contributed by atoms with van der Waals surface area (Å²) in [6, 6.07) is 1.45. The molecule has 1 aliphatic carbocycles. The van der Waals surface area contributed by atoms with Crippen LogP contribution >= 0.6 is 0 Å². The molecular weight excluding hydrogens is 234 g/mol. The maximum atomic E-state index is 11.8. The lowest BCUT2D eigenvalue weighted by Crippen LogP contribution is -2.47. The first kappa shape index (κ1) is 12.6. The molecule has 1 aromatic rings. The van der Waals surface area contributed by atoms with Crippen LogP contribution in [0.3, 0.4) is 0 Å². The van der Waals surface area contributed by atoms with Crippen LogP contribution in [0.15, 0.2) is 18.5 Å². The Bertz CT molecular complexity index is 443. The van der Waals surface area contributed by atoms with Crippen molar-refractivity contribution < 1.29 is 14.7 Å². The summed E-state index contributed by atoms with van der Waals surface area (Å²) in [5.41, 5.74) is -0.847. The van der Waals surface area contributed by atoms with Gasteiger partial charge in [-0.15, -0.1) is 0 Å². The third-order valence-electron chi connectivity index (χ3n) is 3.65. The summed E-state index contributed by atoms with van der Waals surface area (Å²) < 4.78 is 1.52. The highest BCUT2D eigenvalue weighted by Gasteiger charge is 2.45. The molecule has 0 aliphatic heterocycles. The van der Waals surface area contributed by atoms with Gasteiger partial charge >= 0.3 is 5.97 Å². The third kappa shape index (κ3) is 2.37. The van der Waals surface area contributed by atoms with E-state index in [0.29, 0.717) is 12.8 Å². The number of hydrogen-bond donors (Lipinski definition) is 2. The number of nitrogens with one attached hydrogen (secondary N) is 1. The van der Waals surface area contributed by atoms with Crippen LogP contribution < -0.4 is 5.32 Å². The molecule has 0 saturated heterocycles. The van der Waals surface area contributed by atoms with E-state index in [-0.39, 0.29) is 18.5 Å². The fourth-order valence-corrected chi connectivity index (χ4v) is 2.43. The van der Waals surface area contributed by atoms with E-state index in [4.69, 9.17) is 0 Å². The molecule has 1 aliphatic rings. The average Bonchev–Trinajstić information content (AvgIpc) is 2.90. The second kappa shape index (κ2) is 4.80. The number of carboxylic acid groups (broad SMARTS) is 1. The van der Waals surface area contributed by atoms with Gasteiger partial charge in [0.2, 0.25) is 5.91 Å². The normalized spacial score (nSPS) is 27.1. The molecule has 98 valence electrons. The Labute approximate surface area is 105 Å². The van der Waals surface area contributed by atoms with Gasteiger partial charge in [0.25, 0.3) is 0 Å². The number of hydrogen-bond acceptors (Lipinski definition) is 3. The van der Waals surface area contributed by atoms with Crippen molar-refractivity contribution in [2.75, 3.05) is 0 Å². The molecule has 6 heteroatoms. The van der Waals surface area contributed by atoms with Gasteiger partial charge < -0.3 is 10.4 Å². The third-order valence-corrected chi connectivity index (χ3v) is 3.65. The highest BCUT2D eigenvalue weighted by atomic mass is 16.4. The van der Waals surface area contributed by atoms with E-state index in [1.54, 1.807) is 25.4 Å². The standard InChI is InChI=1S/C12H17N3O3/c1-12(11(17)18)5-2-4-9(12)14-10(16)8-15-7-3-6-13-15/h3,6-7,9H,2,4-5,8H2,1H3,(H,14,16)(H,17,18). The first-order valence-corrected chi connectivity index (χ1v) is 6.02. The van der Waals surface area contributed by atoms with E-state index in [0.717, 1.165) is 6.42 Å².